The first-order chi connectivity index (χ1) is 12.3. The van der Waals surface area contributed by atoms with Crippen molar-refractivity contribution in [3.05, 3.63) is 11.6 Å². The van der Waals surface area contributed by atoms with Crippen LogP contribution >= 0.6 is 0 Å². The molecule has 144 valence electrons. The molecular weight excluding hydrogens is 332 g/mol. The van der Waals surface area contributed by atoms with Gasteiger partial charge in [0.15, 0.2) is 11.6 Å². The SMILES string of the molecule is C[C@]12CC[C@@H](O)CC1=CC(=O)[C@@H]1[C@@H]2CC[C@@]2(C)[C@H]1C[C@@H](O)C21OCCO1. The van der Waals surface area contributed by atoms with Crippen molar-refractivity contribution in [2.45, 2.75) is 70.4 Å². The molecule has 3 saturated carbocycles. The molecule has 7 atom stereocenters. The summed E-state index contributed by atoms with van der Waals surface area (Å²) in [5, 5.41) is 21.0. The Kier molecular flexibility index (Phi) is 3.61. The number of ether oxygens (including phenoxy) is 2. The van der Waals surface area contributed by atoms with Gasteiger partial charge in [-0.2, -0.15) is 0 Å². The van der Waals surface area contributed by atoms with E-state index in [0.29, 0.717) is 32.0 Å². The number of hydrogen-bond acceptors (Lipinski definition) is 5. The van der Waals surface area contributed by atoms with Crippen LogP contribution in [0.2, 0.25) is 0 Å². The van der Waals surface area contributed by atoms with Crippen LogP contribution < -0.4 is 0 Å². The maximum Gasteiger partial charge on any atom is 0.200 e. The summed E-state index contributed by atoms with van der Waals surface area (Å²) in [6, 6.07) is 0. The summed E-state index contributed by atoms with van der Waals surface area (Å²) < 4.78 is 12.0. The van der Waals surface area contributed by atoms with E-state index in [1.54, 1.807) is 0 Å². The molecule has 4 fully saturated rings. The zero-order valence-electron chi connectivity index (χ0n) is 15.7. The summed E-state index contributed by atoms with van der Waals surface area (Å²) in [7, 11) is 0. The molecule has 0 aromatic rings. The summed E-state index contributed by atoms with van der Waals surface area (Å²) in [6.45, 7) is 5.48. The van der Waals surface area contributed by atoms with Crippen molar-refractivity contribution in [2.24, 2.45) is 28.6 Å². The Labute approximate surface area is 154 Å². The van der Waals surface area contributed by atoms with Gasteiger partial charge < -0.3 is 19.7 Å². The molecule has 0 bridgehead atoms. The van der Waals surface area contributed by atoms with E-state index in [2.05, 4.69) is 13.8 Å². The van der Waals surface area contributed by atoms with Crippen molar-refractivity contribution < 1.29 is 24.5 Å². The normalized spacial score (nSPS) is 52.4. The molecule has 0 radical (unpaired) electrons. The third kappa shape index (κ3) is 1.93. The maximum absolute atomic E-state index is 13.2. The van der Waals surface area contributed by atoms with Crippen LogP contribution in [-0.2, 0) is 14.3 Å². The molecule has 2 N–H and O–H groups in total. The highest BCUT2D eigenvalue weighted by molar-refractivity contribution is 5.94. The topological polar surface area (TPSA) is 76.0 Å². The Morgan fingerprint density at radius 2 is 1.81 bits per heavy atom. The van der Waals surface area contributed by atoms with E-state index < -0.39 is 11.9 Å². The quantitative estimate of drug-likeness (QED) is 0.691. The predicted molar refractivity (Wildman–Crippen MR) is 94.1 cm³/mol. The highest BCUT2D eigenvalue weighted by Crippen LogP contribution is 2.67. The summed E-state index contributed by atoms with van der Waals surface area (Å²) >= 11 is 0. The predicted octanol–water partition coefficient (Wildman–Crippen LogP) is 2.20. The Balaban J connectivity index is 1.56. The van der Waals surface area contributed by atoms with Crippen LogP contribution in [0.5, 0.6) is 0 Å². The number of aliphatic hydroxyl groups is 2. The monoisotopic (exact) mass is 362 g/mol. The molecule has 1 saturated heterocycles. The van der Waals surface area contributed by atoms with Crippen molar-refractivity contribution in [3.8, 4) is 0 Å². The molecule has 1 aliphatic heterocycles. The molecule has 0 aromatic carbocycles. The van der Waals surface area contributed by atoms with E-state index in [1.807, 2.05) is 6.08 Å². The van der Waals surface area contributed by atoms with Crippen molar-refractivity contribution in [2.75, 3.05) is 13.2 Å². The number of fused-ring (bicyclic) bond motifs is 6. The van der Waals surface area contributed by atoms with Gasteiger partial charge in [0.05, 0.1) is 19.3 Å². The van der Waals surface area contributed by atoms with Crippen molar-refractivity contribution in [3.63, 3.8) is 0 Å². The minimum atomic E-state index is -0.934. The summed E-state index contributed by atoms with van der Waals surface area (Å²) in [5.74, 6) is -0.432. The number of carbonyl (C=O) groups is 1. The highest BCUT2D eigenvalue weighted by Gasteiger charge is 2.71. The van der Waals surface area contributed by atoms with E-state index in [9.17, 15) is 15.0 Å². The van der Waals surface area contributed by atoms with Gasteiger partial charge in [-0.1, -0.05) is 19.4 Å². The second-order valence-corrected chi connectivity index (χ2v) is 9.70. The van der Waals surface area contributed by atoms with Gasteiger partial charge >= 0.3 is 0 Å². The van der Waals surface area contributed by atoms with E-state index in [0.717, 1.165) is 31.3 Å². The summed E-state index contributed by atoms with van der Waals surface area (Å²) in [6.07, 6.45) is 5.68. The van der Waals surface area contributed by atoms with Gasteiger partial charge in [0.25, 0.3) is 0 Å². The van der Waals surface area contributed by atoms with Crippen LogP contribution in [0.4, 0.5) is 0 Å². The van der Waals surface area contributed by atoms with Crippen molar-refractivity contribution in [1.82, 2.24) is 0 Å². The van der Waals surface area contributed by atoms with Gasteiger partial charge in [-0.3, -0.25) is 4.79 Å². The van der Waals surface area contributed by atoms with Crippen molar-refractivity contribution >= 4 is 5.78 Å². The number of carbonyl (C=O) groups excluding carboxylic acids is 1. The van der Waals surface area contributed by atoms with E-state index in [1.165, 1.54) is 0 Å². The summed E-state index contributed by atoms with van der Waals surface area (Å²) in [4.78, 5) is 13.2. The van der Waals surface area contributed by atoms with Crippen LogP contribution in [0.25, 0.3) is 0 Å². The average Bonchev–Trinajstić information content (AvgIpc) is 3.17. The van der Waals surface area contributed by atoms with Gasteiger partial charge in [0, 0.05) is 11.3 Å². The Morgan fingerprint density at radius 3 is 2.54 bits per heavy atom. The Hall–Kier alpha value is -0.750. The second kappa shape index (κ2) is 5.40. The lowest BCUT2D eigenvalue weighted by atomic mass is 9.47. The van der Waals surface area contributed by atoms with Crippen LogP contribution in [0.3, 0.4) is 0 Å². The molecule has 1 spiro atoms. The second-order valence-electron chi connectivity index (χ2n) is 9.70. The molecule has 1 heterocycles. The Morgan fingerprint density at radius 1 is 1.08 bits per heavy atom. The third-order valence-electron chi connectivity index (χ3n) is 8.74. The molecule has 5 rings (SSSR count). The molecule has 0 amide bonds. The summed E-state index contributed by atoms with van der Waals surface area (Å²) in [5.41, 5.74) is 0.820. The van der Waals surface area contributed by atoms with Gasteiger partial charge in [-0.25, -0.2) is 0 Å². The molecule has 4 aliphatic carbocycles. The molecule has 26 heavy (non-hydrogen) atoms. The zero-order valence-corrected chi connectivity index (χ0v) is 15.7. The fourth-order valence-corrected chi connectivity index (χ4v) is 7.31. The number of aliphatic hydroxyl groups excluding tert-OH is 2. The maximum atomic E-state index is 13.2. The highest BCUT2D eigenvalue weighted by atomic mass is 16.7. The molecular formula is C21H30O5. The lowest BCUT2D eigenvalue weighted by molar-refractivity contribution is -0.272. The molecule has 0 aromatic heterocycles. The molecule has 5 heteroatoms. The van der Waals surface area contributed by atoms with Crippen LogP contribution in [0.1, 0.15) is 52.4 Å². The van der Waals surface area contributed by atoms with Crippen LogP contribution in [0.15, 0.2) is 11.6 Å². The first kappa shape index (κ1) is 17.4. The fourth-order valence-electron chi connectivity index (χ4n) is 7.31. The van der Waals surface area contributed by atoms with Crippen molar-refractivity contribution in [1.29, 1.82) is 0 Å². The lowest BCUT2D eigenvalue weighted by Gasteiger charge is -2.57. The molecule has 5 nitrogen and oxygen atoms in total. The standard InChI is InChI=1S/C21H30O5/c1-19-5-3-13(22)9-12(19)10-16(23)18-14(19)4-6-20(2)15(18)11-17(24)21(20)25-7-8-26-21/h10,13-15,17-18,22,24H,3-9,11H2,1-2H3/t13-,14+,15+,17-,18-,19+,20+/m1/s1. The zero-order chi connectivity index (χ0) is 18.3. The number of ketones is 1. The van der Waals surface area contributed by atoms with Gasteiger partial charge in [-0.05, 0) is 61.9 Å². The first-order valence-corrected chi connectivity index (χ1v) is 10.2. The minimum Gasteiger partial charge on any atom is -0.393 e. The molecule has 0 unspecified atom stereocenters. The fraction of sp³-hybridized carbons (Fsp3) is 0.857. The van der Waals surface area contributed by atoms with Gasteiger partial charge in [0.2, 0.25) is 0 Å². The lowest BCUT2D eigenvalue weighted by Crippen LogP contribution is -2.58. The van der Waals surface area contributed by atoms with Gasteiger partial charge in [-0.15, -0.1) is 0 Å². The van der Waals surface area contributed by atoms with Crippen LogP contribution in [0, 0.1) is 28.6 Å². The van der Waals surface area contributed by atoms with Gasteiger partial charge in [0.1, 0.15) is 6.10 Å². The number of allylic oxidation sites excluding steroid dienone is 1. The minimum absolute atomic E-state index is 0.00275. The smallest absolute Gasteiger partial charge is 0.200 e. The largest absolute Gasteiger partial charge is 0.393 e. The first-order valence-electron chi connectivity index (χ1n) is 10.2. The van der Waals surface area contributed by atoms with E-state index in [-0.39, 0.29) is 34.6 Å². The Bertz CT molecular complexity index is 665. The molecule has 5 aliphatic rings. The van der Waals surface area contributed by atoms with Crippen LogP contribution in [-0.4, -0.2) is 47.2 Å². The van der Waals surface area contributed by atoms with E-state index >= 15 is 0 Å². The average molecular weight is 362 g/mol. The number of hydrogen-bond donors (Lipinski definition) is 2. The van der Waals surface area contributed by atoms with E-state index in [4.69, 9.17) is 9.47 Å². The third-order valence-corrected chi connectivity index (χ3v) is 8.74. The number of rotatable bonds is 0.